The second-order valence-electron chi connectivity index (χ2n) is 9.19. The lowest BCUT2D eigenvalue weighted by Gasteiger charge is -2.44. The lowest BCUT2D eigenvalue weighted by atomic mass is 9.87. The first-order valence-electron chi connectivity index (χ1n) is 11.2. The van der Waals surface area contributed by atoms with Crippen molar-refractivity contribution in [3.05, 3.63) is 35.4 Å². The Morgan fingerprint density at radius 1 is 0.500 bits per heavy atom. The van der Waals surface area contributed by atoms with Crippen LogP contribution in [-0.2, 0) is 14.3 Å². The smallest absolute Gasteiger partial charge is 0.272 e. The molecule has 1 aliphatic rings. The van der Waals surface area contributed by atoms with Crippen LogP contribution in [0.4, 0.5) is 92.2 Å². The molecule has 0 spiro atoms. The number of nitrogens with zero attached hydrogens (tertiary/aromatic N) is 1. The lowest BCUT2D eigenvalue weighted by molar-refractivity contribution is -0.472. The Balaban J connectivity index is 2.49. The molecule has 0 N–H and O–H groups in total. The predicted octanol–water partition coefficient (Wildman–Crippen LogP) is 6.87. The summed E-state index contributed by atoms with van der Waals surface area (Å²) in [4.78, 5) is 24.1. The third kappa shape index (κ3) is 5.12. The average Bonchev–Trinajstić information content (AvgIpc) is 3.16. The first-order valence-corrected chi connectivity index (χ1v) is 12.6. The molecule has 0 atom stereocenters. The van der Waals surface area contributed by atoms with Gasteiger partial charge in [0.2, 0.25) is 0 Å². The van der Waals surface area contributed by atoms with E-state index in [4.69, 9.17) is 0 Å². The maximum atomic E-state index is 14.1. The van der Waals surface area contributed by atoms with Crippen LogP contribution in [0.3, 0.4) is 0 Å². The van der Waals surface area contributed by atoms with Gasteiger partial charge in [0.1, 0.15) is 0 Å². The zero-order valence-corrected chi connectivity index (χ0v) is 22.4. The van der Waals surface area contributed by atoms with E-state index in [2.05, 4.69) is 4.18 Å². The molecule has 1 aromatic rings. The second kappa shape index (κ2) is 11.2. The van der Waals surface area contributed by atoms with E-state index < -0.39 is 105 Å². The molecule has 28 heteroatoms. The van der Waals surface area contributed by atoms with E-state index in [9.17, 15) is 110 Å². The van der Waals surface area contributed by atoms with Gasteiger partial charge < -0.3 is 0 Å². The highest BCUT2D eigenvalue weighted by atomic mass is 32.2. The molecule has 1 heterocycles. The Morgan fingerprint density at radius 2 is 0.792 bits per heavy atom. The minimum atomic E-state index is -9.45. The summed E-state index contributed by atoms with van der Waals surface area (Å²) in [7, 11) is -7.99. The van der Waals surface area contributed by atoms with Crippen molar-refractivity contribution in [2.75, 3.05) is 13.2 Å². The average molecular weight is 773 g/mol. The quantitative estimate of drug-likeness (QED) is 0.124. The van der Waals surface area contributed by atoms with E-state index in [0.717, 1.165) is 24.3 Å². The van der Waals surface area contributed by atoms with Crippen molar-refractivity contribution < 1.29 is 114 Å². The number of halogens is 21. The highest BCUT2D eigenvalue weighted by molar-refractivity contribution is 7.87. The fourth-order valence-corrected chi connectivity index (χ4v) is 4.34. The van der Waals surface area contributed by atoms with Gasteiger partial charge >= 0.3 is 68.9 Å². The number of amides is 2. The molecule has 0 fully saturated rings. The summed E-state index contributed by atoms with van der Waals surface area (Å²) < 4.78 is 309. The normalized spacial score (nSPS) is 16.9. The zero-order chi connectivity index (χ0) is 38.3. The number of benzene rings is 1. The molecule has 0 unspecified atom stereocenters. The van der Waals surface area contributed by atoms with Crippen molar-refractivity contribution >= 4 is 21.9 Å². The molecular formula is C20H8F21NO5S. The summed E-state index contributed by atoms with van der Waals surface area (Å²) >= 11 is 0. The van der Waals surface area contributed by atoms with Crippen molar-refractivity contribution in [2.45, 2.75) is 58.8 Å². The number of hydrogen-bond donors (Lipinski definition) is 0. The van der Waals surface area contributed by atoms with E-state index in [1.165, 1.54) is 0 Å². The molecule has 0 aromatic heterocycles. The van der Waals surface area contributed by atoms with Crippen LogP contribution < -0.4 is 0 Å². The second-order valence-corrected chi connectivity index (χ2v) is 10.8. The summed E-state index contributed by atoms with van der Waals surface area (Å²) in [6.45, 7) is -3.74. The van der Waals surface area contributed by atoms with Crippen LogP contribution in [-0.4, -0.2) is 97.1 Å². The lowest BCUT2D eigenvalue weighted by Crippen LogP contribution is -2.77. The highest BCUT2D eigenvalue weighted by Gasteiger charge is 2.98. The number of rotatable bonds is 13. The molecule has 0 radical (unpaired) electrons. The number of carbonyl (C=O) groups is 2. The zero-order valence-electron chi connectivity index (χ0n) is 21.6. The maximum absolute atomic E-state index is 14.1. The fraction of sp³-hybridized carbons (Fsp3) is 0.600. The molecule has 1 aliphatic heterocycles. The van der Waals surface area contributed by atoms with Gasteiger partial charge in [-0.05, 0) is 12.1 Å². The first-order chi connectivity index (χ1) is 20.9. The SMILES string of the molecule is O=C1c2ccccc2C(=O)N1CCOS(=O)(=O)C(F)(F)C(F)(F)C(F)(F)C(F)(F)C(F)(F)C(F)(F)C(F)(F)C(F)(F)C(F)(F)C(F)(F)F. The van der Waals surface area contributed by atoms with Crippen LogP contribution >= 0.6 is 0 Å². The number of carbonyl (C=O) groups excluding carboxylic acids is 2. The Morgan fingerprint density at radius 3 is 1.10 bits per heavy atom. The van der Waals surface area contributed by atoms with Gasteiger partial charge in [0.05, 0.1) is 24.3 Å². The predicted molar refractivity (Wildman–Crippen MR) is 107 cm³/mol. The van der Waals surface area contributed by atoms with E-state index in [-0.39, 0.29) is 4.90 Å². The topological polar surface area (TPSA) is 80.8 Å². The summed E-state index contributed by atoms with van der Waals surface area (Å²) in [5.41, 5.74) is -0.903. The van der Waals surface area contributed by atoms with Crippen molar-refractivity contribution in [3.63, 3.8) is 0 Å². The minimum Gasteiger partial charge on any atom is -0.272 e. The Labute approximate surface area is 249 Å². The van der Waals surface area contributed by atoms with Gasteiger partial charge in [0.25, 0.3) is 11.8 Å². The summed E-state index contributed by atoms with van der Waals surface area (Å²) in [5, 5.41) is -8.07. The number of imide groups is 1. The van der Waals surface area contributed by atoms with E-state index in [1.807, 2.05) is 0 Å². The molecular weight excluding hydrogens is 765 g/mol. The van der Waals surface area contributed by atoms with Crippen molar-refractivity contribution in [1.82, 2.24) is 4.90 Å². The molecule has 1 aromatic carbocycles. The van der Waals surface area contributed by atoms with Crippen LogP contribution in [0.2, 0.25) is 0 Å². The summed E-state index contributed by atoms with van der Waals surface area (Å²) in [6.07, 6.45) is -8.12. The molecule has 0 aliphatic carbocycles. The Bertz CT molecular complexity index is 1520. The minimum absolute atomic E-state index is 0.0693. The van der Waals surface area contributed by atoms with Crippen LogP contribution in [0.25, 0.3) is 0 Å². The number of alkyl halides is 21. The summed E-state index contributed by atoms with van der Waals surface area (Å²) in [6, 6.07) is 4.17. The van der Waals surface area contributed by atoms with Gasteiger partial charge in [-0.25, -0.2) is 0 Å². The van der Waals surface area contributed by atoms with Crippen LogP contribution in [0.15, 0.2) is 24.3 Å². The van der Waals surface area contributed by atoms with Crippen LogP contribution in [0.1, 0.15) is 20.7 Å². The molecule has 0 bridgehead atoms. The third-order valence-electron chi connectivity index (χ3n) is 6.23. The Kier molecular flexibility index (Phi) is 9.52. The third-order valence-corrected chi connectivity index (χ3v) is 7.59. The molecule has 2 amide bonds. The molecule has 2 rings (SSSR count). The van der Waals surface area contributed by atoms with E-state index >= 15 is 0 Å². The maximum Gasteiger partial charge on any atom is 0.460 e. The van der Waals surface area contributed by atoms with Gasteiger partial charge in [0, 0.05) is 0 Å². The van der Waals surface area contributed by atoms with Crippen molar-refractivity contribution in [2.24, 2.45) is 0 Å². The standard InChI is InChI=1S/C20H8F21NO5S/c21-11(22,13(25,26)15(29,30)17(33,34)19(37,38)39)12(23,24)14(27,28)16(31,32)18(35,36)20(40,41)48(45,46)47-6-5-42-9(43)7-3-1-2-4-8(7)10(42)44/h1-4H,5-6H2. The van der Waals surface area contributed by atoms with E-state index in [0.29, 0.717) is 0 Å². The molecule has 0 saturated heterocycles. The molecule has 6 nitrogen and oxygen atoms in total. The number of fused-ring (bicyclic) bond motifs is 1. The largest absolute Gasteiger partial charge is 0.460 e. The number of hydrogen-bond acceptors (Lipinski definition) is 5. The van der Waals surface area contributed by atoms with Crippen LogP contribution in [0, 0.1) is 0 Å². The van der Waals surface area contributed by atoms with Gasteiger partial charge in [-0.3, -0.25) is 18.7 Å². The highest BCUT2D eigenvalue weighted by Crippen LogP contribution is 2.66. The van der Waals surface area contributed by atoms with Crippen molar-refractivity contribution in [1.29, 1.82) is 0 Å². The molecule has 48 heavy (non-hydrogen) atoms. The first kappa shape index (κ1) is 41.0. The van der Waals surface area contributed by atoms with E-state index in [1.54, 1.807) is 0 Å². The van der Waals surface area contributed by atoms with Crippen LogP contribution in [0.5, 0.6) is 0 Å². The monoisotopic (exact) mass is 773 g/mol. The summed E-state index contributed by atoms with van der Waals surface area (Å²) in [5.74, 6) is -75.8. The molecule has 276 valence electrons. The van der Waals surface area contributed by atoms with Gasteiger partial charge in [0.15, 0.2) is 0 Å². The van der Waals surface area contributed by atoms with Gasteiger partial charge in [-0.2, -0.15) is 101 Å². The van der Waals surface area contributed by atoms with Crippen molar-refractivity contribution in [3.8, 4) is 0 Å². The Hall–Kier alpha value is -3.20. The van der Waals surface area contributed by atoms with Gasteiger partial charge in [-0.15, -0.1) is 0 Å². The fourth-order valence-electron chi connectivity index (χ4n) is 3.46. The molecule has 0 saturated carbocycles. The van der Waals surface area contributed by atoms with Gasteiger partial charge in [-0.1, -0.05) is 12.1 Å².